The van der Waals surface area contributed by atoms with E-state index in [4.69, 9.17) is 5.73 Å². The van der Waals surface area contributed by atoms with Crippen LogP contribution in [0, 0.1) is 0 Å². The van der Waals surface area contributed by atoms with Gasteiger partial charge in [0.05, 0.1) is 0 Å². The molecule has 104 valence electrons. The number of benzene rings is 2. The van der Waals surface area contributed by atoms with E-state index in [1.54, 1.807) is 0 Å². The Morgan fingerprint density at radius 2 is 1.80 bits per heavy atom. The van der Waals surface area contributed by atoms with Crippen LogP contribution in [-0.2, 0) is 6.42 Å². The van der Waals surface area contributed by atoms with Crippen LogP contribution in [0.25, 0.3) is 11.1 Å². The smallest absolute Gasteiger partial charge is 0.0294 e. The van der Waals surface area contributed by atoms with Crippen LogP contribution < -0.4 is 5.73 Å². The second-order valence-corrected chi connectivity index (χ2v) is 5.85. The highest BCUT2D eigenvalue weighted by Crippen LogP contribution is 2.37. The summed E-state index contributed by atoms with van der Waals surface area (Å²) >= 11 is 0. The van der Waals surface area contributed by atoms with Gasteiger partial charge >= 0.3 is 0 Å². The van der Waals surface area contributed by atoms with Crippen molar-refractivity contribution in [2.24, 2.45) is 5.73 Å². The number of hydrogen-bond acceptors (Lipinski definition) is 1. The summed E-state index contributed by atoms with van der Waals surface area (Å²) in [6.45, 7) is 2.23. The molecule has 0 spiro atoms. The normalized spacial score (nSPS) is 13.9. The number of fused-ring (bicyclic) bond motifs is 3. The van der Waals surface area contributed by atoms with Crippen LogP contribution in [-0.4, -0.2) is 0 Å². The van der Waals surface area contributed by atoms with Crippen LogP contribution in [0.2, 0.25) is 0 Å². The van der Waals surface area contributed by atoms with Crippen LogP contribution in [0.1, 0.15) is 55.3 Å². The summed E-state index contributed by atoms with van der Waals surface area (Å²) in [7, 11) is 0. The molecule has 0 aromatic heterocycles. The van der Waals surface area contributed by atoms with Crippen molar-refractivity contribution in [1.29, 1.82) is 0 Å². The van der Waals surface area contributed by atoms with Crippen LogP contribution in [0.15, 0.2) is 42.5 Å². The zero-order chi connectivity index (χ0) is 13.9. The first kappa shape index (κ1) is 13.4. The molecule has 20 heavy (non-hydrogen) atoms. The van der Waals surface area contributed by atoms with Crippen molar-refractivity contribution < 1.29 is 0 Å². The van der Waals surface area contributed by atoms with Crippen molar-refractivity contribution in [2.45, 2.75) is 45.1 Å². The third-order valence-corrected chi connectivity index (χ3v) is 4.36. The van der Waals surface area contributed by atoms with Gasteiger partial charge in [-0.25, -0.2) is 0 Å². The van der Waals surface area contributed by atoms with Crippen LogP contribution in [0.3, 0.4) is 0 Å². The highest BCUT2D eigenvalue weighted by Gasteiger charge is 2.18. The van der Waals surface area contributed by atoms with E-state index >= 15 is 0 Å². The summed E-state index contributed by atoms with van der Waals surface area (Å²) in [5, 5.41) is 0. The molecule has 0 unspecified atom stereocenters. The van der Waals surface area contributed by atoms with Crippen molar-refractivity contribution in [3.8, 4) is 11.1 Å². The first-order valence-corrected chi connectivity index (χ1v) is 7.76. The molecular weight excluding hydrogens is 242 g/mol. The lowest BCUT2D eigenvalue weighted by molar-refractivity contribution is 0.581. The fraction of sp³-hybridized carbons (Fsp3) is 0.368. The molecule has 1 atom stereocenters. The quantitative estimate of drug-likeness (QED) is 0.656. The monoisotopic (exact) mass is 265 g/mol. The lowest BCUT2D eigenvalue weighted by Crippen LogP contribution is -2.10. The average Bonchev–Trinajstić information content (AvgIpc) is 2.85. The van der Waals surface area contributed by atoms with Gasteiger partial charge in [-0.15, -0.1) is 0 Å². The minimum Gasteiger partial charge on any atom is -0.324 e. The van der Waals surface area contributed by atoms with Crippen molar-refractivity contribution in [1.82, 2.24) is 0 Å². The molecule has 0 fully saturated rings. The molecule has 2 aromatic carbocycles. The second-order valence-electron chi connectivity index (χ2n) is 5.85. The molecule has 0 heterocycles. The summed E-state index contributed by atoms with van der Waals surface area (Å²) in [6.07, 6.45) is 5.92. The summed E-state index contributed by atoms with van der Waals surface area (Å²) in [5.74, 6) is 0. The van der Waals surface area contributed by atoms with E-state index in [2.05, 4.69) is 49.4 Å². The van der Waals surface area contributed by atoms with E-state index in [0.717, 1.165) is 12.8 Å². The van der Waals surface area contributed by atoms with E-state index in [1.165, 1.54) is 47.1 Å². The molecule has 2 N–H and O–H groups in total. The molecular formula is C19H23N. The third kappa shape index (κ3) is 2.51. The molecule has 1 aliphatic carbocycles. The maximum atomic E-state index is 6.33. The standard InChI is InChI=1S/C19H23N/c1-2-3-4-9-19(20)15-10-11-18-16(13-15)12-14-7-5-6-8-17(14)18/h5-8,10-11,13,19H,2-4,9,12,20H2,1H3/t19-/m1/s1. The fourth-order valence-electron chi connectivity index (χ4n) is 3.18. The Morgan fingerprint density at radius 1 is 1.00 bits per heavy atom. The maximum absolute atomic E-state index is 6.33. The summed E-state index contributed by atoms with van der Waals surface area (Å²) in [5.41, 5.74) is 13.3. The van der Waals surface area contributed by atoms with Crippen molar-refractivity contribution in [2.75, 3.05) is 0 Å². The number of nitrogens with two attached hydrogens (primary N) is 1. The molecule has 0 saturated carbocycles. The topological polar surface area (TPSA) is 26.0 Å². The lowest BCUT2D eigenvalue weighted by atomic mass is 9.97. The van der Waals surface area contributed by atoms with Gasteiger partial charge in [0.15, 0.2) is 0 Å². The van der Waals surface area contributed by atoms with Crippen LogP contribution >= 0.6 is 0 Å². The van der Waals surface area contributed by atoms with Gasteiger partial charge in [0.1, 0.15) is 0 Å². The van der Waals surface area contributed by atoms with Crippen molar-refractivity contribution in [3.63, 3.8) is 0 Å². The van der Waals surface area contributed by atoms with Gasteiger partial charge < -0.3 is 5.73 Å². The Morgan fingerprint density at radius 3 is 2.65 bits per heavy atom. The van der Waals surface area contributed by atoms with E-state index in [1.807, 2.05) is 0 Å². The molecule has 1 nitrogen and oxygen atoms in total. The lowest BCUT2D eigenvalue weighted by Gasteiger charge is -2.13. The second kappa shape index (κ2) is 5.80. The van der Waals surface area contributed by atoms with Gasteiger partial charge in [-0.1, -0.05) is 68.7 Å². The van der Waals surface area contributed by atoms with Gasteiger partial charge in [0.2, 0.25) is 0 Å². The molecule has 3 rings (SSSR count). The van der Waals surface area contributed by atoms with Gasteiger partial charge in [0.25, 0.3) is 0 Å². The Kier molecular flexibility index (Phi) is 3.88. The minimum atomic E-state index is 0.190. The molecule has 1 heteroatoms. The fourth-order valence-corrected chi connectivity index (χ4v) is 3.18. The zero-order valence-electron chi connectivity index (χ0n) is 12.2. The first-order valence-electron chi connectivity index (χ1n) is 7.76. The van der Waals surface area contributed by atoms with E-state index in [0.29, 0.717) is 0 Å². The molecule has 0 saturated heterocycles. The first-order chi connectivity index (χ1) is 9.79. The van der Waals surface area contributed by atoms with E-state index in [-0.39, 0.29) is 6.04 Å². The van der Waals surface area contributed by atoms with E-state index < -0.39 is 0 Å². The zero-order valence-corrected chi connectivity index (χ0v) is 12.2. The van der Waals surface area contributed by atoms with Gasteiger partial charge in [0, 0.05) is 6.04 Å². The summed E-state index contributed by atoms with van der Waals surface area (Å²) in [6, 6.07) is 15.7. The maximum Gasteiger partial charge on any atom is 0.0294 e. The van der Waals surface area contributed by atoms with Crippen LogP contribution in [0.4, 0.5) is 0 Å². The van der Waals surface area contributed by atoms with Gasteiger partial charge in [-0.05, 0) is 40.7 Å². The predicted octanol–water partition coefficient (Wildman–Crippen LogP) is 4.84. The highest BCUT2D eigenvalue weighted by atomic mass is 14.6. The Bertz CT molecular complexity index is 600. The summed E-state index contributed by atoms with van der Waals surface area (Å²) < 4.78 is 0. The molecule has 0 aliphatic heterocycles. The van der Waals surface area contributed by atoms with Crippen molar-refractivity contribution in [3.05, 3.63) is 59.2 Å². The number of unbranched alkanes of at least 4 members (excludes halogenated alkanes) is 2. The molecule has 0 radical (unpaired) electrons. The Hall–Kier alpha value is -1.60. The average molecular weight is 265 g/mol. The highest BCUT2D eigenvalue weighted by molar-refractivity contribution is 5.76. The third-order valence-electron chi connectivity index (χ3n) is 4.36. The number of hydrogen-bond donors (Lipinski definition) is 1. The molecule has 2 aromatic rings. The minimum absolute atomic E-state index is 0.190. The number of rotatable bonds is 5. The summed E-state index contributed by atoms with van der Waals surface area (Å²) in [4.78, 5) is 0. The molecule has 0 amide bonds. The van der Waals surface area contributed by atoms with Crippen molar-refractivity contribution >= 4 is 0 Å². The van der Waals surface area contributed by atoms with Gasteiger partial charge in [-0.3, -0.25) is 0 Å². The molecule has 1 aliphatic rings. The SMILES string of the molecule is CCCCC[C@@H](N)c1ccc2c(c1)Cc1ccccc1-2. The largest absolute Gasteiger partial charge is 0.324 e. The molecule has 0 bridgehead atoms. The Balaban J connectivity index is 1.80. The van der Waals surface area contributed by atoms with Gasteiger partial charge in [-0.2, -0.15) is 0 Å². The Labute approximate surface area is 121 Å². The van der Waals surface area contributed by atoms with E-state index in [9.17, 15) is 0 Å². The van der Waals surface area contributed by atoms with Crippen LogP contribution in [0.5, 0.6) is 0 Å². The predicted molar refractivity (Wildman–Crippen MR) is 85.8 cm³/mol.